The number of nitrogens with one attached hydrogen (secondary N) is 2. The molecule has 5 heteroatoms. The van der Waals surface area contributed by atoms with Gasteiger partial charge in [0, 0.05) is 18.2 Å². The third-order valence-corrected chi connectivity index (χ3v) is 4.53. The van der Waals surface area contributed by atoms with Crippen molar-refractivity contribution in [2.75, 3.05) is 31.5 Å². The molecule has 2 N–H and O–H groups in total. The van der Waals surface area contributed by atoms with E-state index in [4.69, 9.17) is 0 Å². The van der Waals surface area contributed by atoms with Crippen LogP contribution in [0.25, 0.3) is 0 Å². The van der Waals surface area contributed by atoms with Crippen LogP contribution in [-0.2, 0) is 9.59 Å². The Morgan fingerprint density at radius 3 is 2.54 bits per heavy atom. The summed E-state index contributed by atoms with van der Waals surface area (Å²) >= 11 is 0. The number of hydrogen-bond donors (Lipinski definition) is 2. The van der Waals surface area contributed by atoms with Gasteiger partial charge in [0.25, 0.3) is 0 Å². The average Bonchev–Trinajstić information content (AvgIpc) is 2.56. The van der Waals surface area contributed by atoms with Crippen molar-refractivity contribution in [1.29, 1.82) is 0 Å². The Balaban J connectivity index is 1.77. The highest BCUT2D eigenvalue weighted by Gasteiger charge is 2.25. The van der Waals surface area contributed by atoms with Crippen LogP contribution in [0.3, 0.4) is 0 Å². The van der Waals surface area contributed by atoms with Gasteiger partial charge >= 0.3 is 0 Å². The molecule has 0 spiro atoms. The van der Waals surface area contributed by atoms with Crippen LogP contribution in [0.1, 0.15) is 37.3 Å². The number of carbonyl (C=O) groups excluding carboxylic acids is 2. The molecule has 0 aromatic heterocycles. The number of anilines is 1. The predicted molar refractivity (Wildman–Crippen MR) is 97.0 cm³/mol. The van der Waals surface area contributed by atoms with Gasteiger partial charge in [-0.05, 0) is 57.8 Å². The molecule has 2 amide bonds. The number of amides is 2. The number of piperidine rings is 1. The molecule has 24 heavy (non-hydrogen) atoms. The van der Waals surface area contributed by atoms with Crippen molar-refractivity contribution in [2.24, 2.45) is 5.92 Å². The molecule has 1 aliphatic heterocycles. The lowest BCUT2D eigenvalue weighted by Crippen LogP contribution is -2.43. The van der Waals surface area contributed by atoms with Crippen molar-refractivity contribution in [3.63, 3.8) is 0 Å². The number of nitrogens with zero attached hydrogens (tertiary/aromatic N) is 1. The van der Waals surface area contributed by atoms with Gasteiger partial charge in [-0.15, -0.1) is 0 Å². The first-order valence-corrected chi connectivity index (χ1v) is 8.86. The summed E-state index contributed by atoms with van der Waals surface area (Å²) in [7, 11) is 0. The summed E-state index contributed by atoms with van der Waals surface area (Å²) < 4.78 is 0. The summed E-state index contributed by atoms with van der Waals surface area (Å²) in [5.74, 6) is 0.266. The van der Waals surface area contributed by atoms with Gasteiger partial charge in [-0.1, -0.05) is 24.6 Å². The number of carbonyl (C=O) groups is 2. The quantitative estimate of drug-likeness (QED) is 0.842. The maximum atomic E-state index is 12.2. The van der Waals surface area contributed by atoms with E-state index in [0.29, 0.717) is 6.54 Å². The summed E-state index contributed by atoms with van der Waals surface area (Å²) in [4.78, 5) is 26.4. The first-order valence-electron chi connectivity index (χ1n) is 8.86. The van der Waals surface area contributed by atoms with E-state index in [-0.39, 0.29) is 17.7 Å². The van der Waals surface area contributed by atoms with Crippen LogP contribution in [-0.4, -0.2) is 42.9 Å². The summed E-state index contributed by atoms with van der Waals surface area (Å²) in [6, 6.07) is 6.02. The summed E-state index contributed by atoms with van der Waals surface area (Å²) in [6.45, 7) is 8.82. The third kappa shape index (κ3) is 5.34. The van der Waals surface area contributed by atoms with E-state index in [2.05, 4.69) is 28.5 Å². The molecule has 1 saturated heterocycles. The molecule has 0 unspecified atom stereocenters. The topological polar surface area (TPSA) is 61.4 Å². The van der Waals surface area contributed by atoms with E-state index in [9.17, 15) is 9.59 Å². The van der Waals surface area contributed by atoms with Gasteiger partial charge in [-0.2, -0.15) is 0 Å². The minimum absolute atomic E-state index is 0.0100. The maximum Gasteiger partial charge on any atom is 0.238 e. The normalized spacial score (nSPS) is 16.0. The molecule has 0 aliphatic carbocycles. The average molecular weight is 331 g/mol. The Bertz CT molecular complexity index is 578. The maximum absolute atomic E-state index is 12.2. The van der Waals surface area contributed by atoms with Crippen LogP contribution in [0, 0.1) is 19.8 Å². The predicted octanol–water partition coefficient (Wildman–Crippen LogP) is 2.48. The van der Waals surface area contributed by atoms with Crippen LogP contribution in [0.2, 0.25) is 0 Å². The first kappa shape index (κ1) is 18.5. The number of rotatable bonds is 6. The minimum atomic E-state index is 0.0100. The zero-order chi connectivity index (χ0) is 17.5. The van der Waals surface area contributed by atoms with E-state index in [0.717, 1.165) is 50.1 Å². The highest BCUT2D eigenvalue weighted by atomic mass is 16.2. The van der Waals surface area contributed by atoms with Crippen LogP contribution < -0.4 is 10.6 Å². The molecular formula is C19H29N3O2. The van der Waals surface area contributed by atoms with Crippen molar-refractivity contribution in [3.05, 3.63) is 29.3 Å². The van der Waals surface area contributed by atoms with E-state index in [1.807, 2.05) is 26.0 Å². The smallest absolute Gasteiger partial charge is 0.238 e. The second kappa shape index (κ2) is 8.83. The fraction of sp³-hybridized carbons (Fsp3) is 0.579. The molecular weight excluding hydrogens is 302 g/mol. The van der Waals surface area contributed by atoms with Crippen LogP contribution >= 0.6 is 0 Å². The van der Waals surface area contributed by atoms with Crippen LogP contribution in [0.5, 0.6) is 0 Å². The highest BCUT2D eigenvalue weighted by Crippen LogP contribution is 2.18. The highest BCUT2D eigenvalue weighted by molar-refractivity contribution is 5.93. The van der Waals surface area contributed by atoms with Gasteiger partial charge in [0.2, 0.25) is 11.8 Å². The Morgan fingerprint density at radius 1 is 1.21 bits per heavy atom. The number of aryl methyl sites for hydroxylation is 2. The molecule has 0 atom stereocenters. The zero-order valence-electron chi connectivity index (χ0n) is 15.0. The zero-order valence-corrected chi connectivity index (χ0v) is 15.0. The largest absolute Gasteiger partial charge is 0.356 e. The standard InChI is InChI=1S/C19H29N3O2/c1-4-9-20-19(24)16-7-10-22(11-8-16)13-18(23)21-17-6-5-14(2)12-15(17)3/h5-6,12,16H,4,7-11,13H2,1-3H3,(H,20,24)(H,21,23). The first-order chi connectivity index (χ1) is 11.5. The molecule has 1 aliphatic rings. The summed E-state index contributed by atoms with van der Waals surface area (Å²) in [5.41, 5.74) is 3.14. The van der Waals surface area contributed by atoms with E-state index in [1.165, 1.54) is 5.56 Å². The van der Waals surface area contributed by atoms with Crippen molar-refractivity contribution in [1.82, 2.24) is 10.2 Å². The molecule has 1 heterocycles. The summed E-state index contributed by atoms with van der Waals surface area (Å²) in [5, 5.41) is 5.95. The number of likely N-dealkylation sites (tertiary alicyclic amines) is 1. The number of hydrogen-bond acceptors (Lipinski definition) is 3. The molecule has 1 aromatic rings. The molecule has 1 fully saturated rings. The van der Waals surface area contributed by atoms with Crippen molar-refractivity contribution in [2.45, 2.75) is 40.0 Å². The Labute approximate surface area is 144 Å². The van der Waals surface area contributed by atoms with Gasteiger partial charge in [0.05, 0.1) is 6.54 Å². The molecule has 2 rings (SSSR count). The molecule has 0 bridgehead atoms. The van der Waals surface area contributed by atoms with E-state index < -0.39 is 0 Å². The second-order valence-corrected chi connectivity index (χ2v) is 6.71. The molecule has 1 aromatic carbocycles. The molecule has 5 nitrogen and oxygen atoms in total. The monoisotopic (exact) mass is 331 g/mol. The Kier molecular flexibility index (Phi) is 6.79. The van der Waals surface area contributed by atoms with E-state index >= 15 is 0 Å². The fourth-order valence-electron chi connectivity index (χ4n) is 3.09. The Morgan fingerprint density at radius 2 is 1.92 bits per heavy atom. The number of benzene rings is 1. The third-order valence-electron chi connectivity index (χ3n) is 4.53. The SMILES string of the molecule is CCCNC(=O)C1CCN(CC(=O)Nc2ccc(C)cc2C)CC1. The van der Waals surface area contributed by atoms with E-state index in [1.54, 1.807) is 0 Å². The van der Waals surface area contributed by atoms with Gasteiger partial charge in [-0.3, -0.25) is 14.5 Å². The van der Waals surface area contributed by atoms with Gasteiger partial charge in [-0.25, -0.2) is 0 Å². The fourth-order valence-corrected chi connectivity index (χ4v) is 3.09. The van der Waals surface area contributed by atoms with Crippen molar-refractivity contribution >= 4 is 17.5 Å². The van der Waals surface area contributed by atoms with Crippen LogP contribution in [0.15, 0.2) is 18.2 Å². The molecule has 0 saturated carbocycles. The molecule has 0 radical (unpaired) electrons. The Hall–Kier alpha value is -1.88. The van der Waals surface area contributed by atoms with Gasteiger partial charge < -0.3 is 10.6 Å². The van der Waals surface area contributed by atoms with Crippen molar-refractivity contribution in [3.8, 4) is 0 Å². The van der Waals surface area contributed by atoms with Gasteiger partial charge in [0.15, 0.2) is 0 Å². The lowest BCUT2D eigenvalue weighted by molar-refractivity contribution is -0.126. The molecule has 132 valence electrons. The second-order valence-electron chi connectivity index (χ2n) is 6.71. The summed E-state index contributed by atoms with van der Waals surface area (Å²) in [6.07, 6.45) is 2.61. The van der Waals surface area contributed by atoms with Crippen LogP contribution in [0.4, 0.5) is 5.69 Å². The minimum Gasteiger partial charge on any atom is -0.356 e. The lowest BCUT2D eigenvalue weighted by Gasteiger charge is -2.30. The van der Waals surface area contributed by atoms with Crippen molar-refractivity contribution < 1.29 is 9.59 Å². The van der Waals surface area contributed by atoms with Gasteiger partial charge in [0.1, 0.15) is 0 Å². The lowest BCUT2D eigenvalue weighted by atomic mass is 9.96.